The number of rotatable bonds is 7. The van der Waals surface area contributed by atoms with Crippen LogP contribution in [0.2, 0.25) is 0 Å². The van der Waals surface area contributed by atoms with Gasteiger partial charge >= 0.3 is 5.97 Å². The minimum absolute atomic E-state index is 0. The first-order chi connectivity index (χ1) is 12.8. The summed E-state index contributed by atoms with van der Waals surface area (Å²) in [5, 5.41) is 3.10. The molecule has 1 aliphatic rings. The Hall–Kier alpha value is -0.776. The number of benzene rings is 1. The maximum absolute atomic E-state index is 12.8. The number of likely N-dealkylation sites (N-methyl/N-ethyl adjacent to an activating group) is 1. The molecule has 0 aliphatic carbocycles. The summed E-state index contributed by atoms with van der Waals surface area (Å²) in [5.74, 6) is 0.150. The third-order valence-electron chi connectivity index (χ3n) is 5.58. The fourth-order valence-electron chi connectivity index (χ4n) is 3.92. The van der Waals surface area contributed by atoms with Crippen LogP contribution in [0.5, 0.6) is 0 Å². The number of piperidine rings is 1. The average molecular weight is 464 g/mol. The zero-order valence-corrected chi connectivity index (χ0v) is 20.9. The Bertz CT molecular complexity index is 657. The van der Waals surface area contributed by atoms with Crippen molar-refractivity contribution in [3.63, 3.8) is 0 Å². The molecule has 0 aromatic heterocycles. The van der Waals surface area contributed by atoms with E-state index in [1.807, 2.05) is 45.9 Å². The number of hydrogen-bond acceptors (Lipinski definition) is 3. The van der Waals surface area contributed by atoms with Gasteiger partial charge in [-0.25, -0.2) is 0 Å². The quantitative estimate of drug-likeness (QED) is 0.495. The number of likely N-dealkylation sites (tertiary alicyclic amines) is 1. The van der Waals surface area contributed by atoms with Gasteiger partial charge in [-0.15, -0.1) is 0 Å². The Balaban J connectivity index is 0.00000392. The number of quaternary nitrogens is 1. The van der Waals surface area contributed by atoms with Gasteiger partial charge in [-0.2, -0.15) is 0 Å². The van der Waals surface area contributed by atoms with E-state index >= 15 is 0 Å². The van der Waals surface area contributed by atoms with Crippen LogP contribution in [-0.4, -0.2) is 49.1 Å². The van der Waals surface area contributed by atoms with Crippen molar-refractivity contribution in [2.45, 2.75) is 47.5 Å². The molecule has 0 spiro atoms. The number of aryl methyl sites for hydroxylation is 2. The summed E-state index contributed by atoms with van der Waals surface area (Å²) in [6.07, 6.45) is 1.81. The van der Waals surface area contributed by atoms with E-state index in [-0.39, 0.29) is 50.5 Å². The van der Waals surface area contributed by atoms with Crippen molar-refractivity contribution in [2.75, 3.05) is 38.1 Å². The number of amides is 1. The number of nitrogens with one attached hydrogen (secondary N) is 1. The molecule has 1 heterocycles. The van der Waals surface area contributed by atoms with Gasteiger partial charge in [0.25, 0.3) is 5.91 Å². The van der Waals surface area contributed by atoms with Crippen molar-refractivity contribution < 1.29 is 51.5 Å². The Morgan fingerprint density at radius 3 is 2.46 bits per heavy atom. The summed E-state index contributed by atoms with van der Waals surface area (Å²) in [4.78, 5) is 25.2. The molecule has 1 radical (unpaired) electrons. The molecule has 28 heavy (non-hydrogen) atoms. The molecule has 2 unspecified atom stereocenters. The van der Waals surface area contributed by atoms with Gasteiger partial charge in [-0.3, -0.25) is 9.59 Å². The second-order valence-corrected chi connectivity index (χ2v) is 8.40. The molecule has 1 N–H and O–H groups in total. The van der Waals surface area contributed by atoms with Gasteiger partial charge in [-0.1, -0.05) is 32.0 Å². The van der Waals surface area contributed by atoms with E-state index in [2.05, 4.69) is 12.2 Å². The fourth-order valence-corrected chi connectivity index (χ4v) is 3.92. The van der Waals surface area contributed by atoms with Crippen molar-refractivity contribution in [3.8, 4) is 0 Å². The number of para-hydroxylation sites is 1. The Kier molecular flexibility index (Phi) is 10.3. The van der Waals surface area contributed by atoms with Crippen molar-refractivity contribution in [2.24, 2.45) is 11.8 Å². The van der Waals surface area contributed by atoms with Crippen molar-refractivity contribution >= 4 is 17.6 Å². The molecule has 1 aromatic carbocycles. The normalized spacial score (nSPS) is 21.7. The summed E-state index contributed by atoms with van der Waals surface area (Å²) < 4.78 is 6.11. The number of anilines is 1. The van der Waals surface area contributed by atoms with Gasteiger partial charge in [0.15, 0.2) is 6.54 Å². The van der Waals surface area contributed by atoms with Gasteiger partial charge in [0, 0.05) is 38.4 Å². The van der Waals surface area contributed by atoms with E-state index in [4.69, 9.17) is 4.74 Å². The smallest absolute Gasteiger partial charge is 0.314 e. The standard InChI is InChI=1S/C22H34N2O3.Y/c1-6-24(12-8-11-19(13-24)22(26)27-15-16(2)3)14-20(25)23-21-17(4)9-7-10-18(21)5;/h7,9-10,16,19H,6,8,11-15H2,1-5H3;/p+1. The molecule has 1 amide bonds. The largest absolute Gasteiger partial charge is 0.465 e. The van der Waals surface area contributed by atoms with Gasteiger partial charge in [0.05, 0.1) is 26.2 Å². The van der Waals surface area contributed by atoms with Gasteiger partial charge in [0.1, 0.15) is 5.92 Å². The van der Waals surface area contributed by atoms with Crippen molar-refractivity contribution in [1.82, 2.24) is 0 Å². The average Bonchev–Trinajstić information content (AvgIpc) is 2.63. The van der Waals surface area contributed by atoms with Crippen LogP contribution < -0.4 is 5.32 Å². The van der Waals surface area contributed by atoms with Crippen LogP contribution in [0, 0.1) is 25.7 Å². The van der Waals surface area contributed by atoms with Crippen LogP contribution in [0.15, 0.2) is 18.2 Å². The third-order valence-corrected chi connectivity index (χ3v) is 5.58. The molecule has 2 rings (SSSR count). The van der Waals surface area contributed by atoms with Crippen LogP contribution in [0.4, 0.5) is 5.69 Å². The number of carbonyl (C=O) groups is 2. The molecule has 153 valence electrons. The summed E-state index contributed by atoms with van der Waals surface area (Å²) in [5.41, 5.74) is 3.04. The molecule has 1 fully saturated rings. The molecule has 2 atom stereocenters. The SMILES string of the molecule is CC[N+]1(CC(=O)Nc2c(C)cccc2C)CCCC(C(=O)OCC(C)C)C1.[Y]. The summed E-state index contributed by atoms with van der Waals surface area (Å²) in [6, 6.07) is 6.02. The fraction of sp³-hybridized carbons (Fsp3) is 0.636. The van der Waals surface area contributed by atoms with Crippen LogP contribution in [0.3, 0.4) is 0 Å². The summed E-state index contributed by atoms with van der Waals surface area (Å²) >= 11 is 0. The molecule has 1 aliphatic heterocycles. The monoisotopic (exact) mass is 464 g/mol. The van der Waals surface area contributed by atoms with Crippen LogP contribution in [-0.2, 0) is 47.0 Å². The maximum Gasteiger partial charge on any atom is 0.314 e. The first-order valence-corrected chi connectivity index (χ1v) is 10.1. The van der Waals surface area contributed by atoms with Gasteiger partial charge < -0.3 is 14.5 Å². The van der Waals surface area contributed by atoms with Crippen LogP contribution in [0.25, 0.3) is 0 Å². The van der Waals surface area contributed by atoms with E-state index in [0.29, 0.717) is 30.1 Å². The maximum atomic E-state index is 12.8. The molecule has 0 saturated carbocycles. The topological polar surface area (TPSA) is 55.4 Å². The predicted octanol–water partition coefficient (Wildman–Crippen LogP) is 3.69. The number of esters is 1. The van der Waals surface area contributed by atoms with E-state index in [1.165, 1.54) is 0 Å². The van der Waals surface area contributed by atoms with Crippen LogP contribution in [0.1, 0.15) is 44.7 Å². The molecule has 1 aromatic rings. The first-order valence-electron chi connectivity index (χ1n) is 10.1. The minimum atomic E-state index is -0.106. The van der Waals surface area contributed by atoms with Gasteiger partial charge in [-0.05, 0) is 50.7 Å². The van der Waals surface area contributed by atoms with Crippen LogP contribution >= 0.6 is 0 Å². The van der Waals surface area contributed by atoms with Gasteiger partial charge in [0.2, 0.25) is 0 Å². The number of hydrogen-bond donors (Lipinski definition) is 1. The first kappa shape index (κ1) is 25.3. The molecular formula is C22H35N2O3Y+. The Morgan fingerprint density at radius 1 is 1.25 bits per heavy atom. The summed E-state index contributed by atoms with van der Waals surface area (Å²) in [6.45, 7) is 13.5. The zero-order valence-electron chi connectivity index (χ0n) is 18.1. The second kappa shape index (κ2) is 11.4. The zero-order chi connectivity index (χ0) is 20.0. The molecule has 1 saturated heterocycles. The minimum Gasteiger partial charge on any atom is -0.465 e. The number of ether oxygens (including phenoxy) is 1. The molecular weight excluding hydrogens is 429 g/mol. The molecule has 5 nitrogen and oxygen atoms in total. The van der Waals surface area contributed by atoms with Crippen molar-refractivity contribution in [3.05, 3.63) is 29.3 Å². The Morgan fingerprint density at radius 2 is 1.89 bits per heavy atom. The predicted molar refractivity (Wildman–Crippen MR) is 108 cm³/mol. The van der Waals surface area contributed by atoms with E-state index in [9.17, 15) is 9.59 Å². The van der Waals surface area contributed by atoms with E-state index in [1.54, 1.807) is 0 Å². The van der Waals surface area contributed by atoms with E-state index in [0.717, 1.165) is 42.7 Å². The number of nitrogens with zero attached hydrogens (tertiary/aromatic N) is 1. The van der Waals surface area contributed by atoms with E-state index < -0.39 is 0 Å². The van der Waals surface area contributed by atoms with Crippen molar-refractivity contribution in [1.29, 1.82) is 0 Å². The summed E-state index contributed by atoms with van der Waals surface area (Å²) in [7, 11) is 0. The Labute approximate surface area is 195 Å². The second-order valence-electron chi connectivity index (χ2n) is 8.40. The molecule has 6 heteroatoms. The third kappa shape index (κ3) is 6.93. The molecule has 0 bridgehead atoms. The number of carbonyl (C=O) groups excluding carboxylic acids is 2.